The molecule has 0 amide bonds. The first-order valence-corrected chi connectivity index (χ1v) is 1.97. The maximum atomic E-state index is 11.1. The molecule has 0 saturated heterocycles. The molecule has 0 rings (SSSR count). The molecule has 0 aliphatic rings. The van der Waals surface area contributed by atoms with Crippen molar-refractivity contribution in [3.63, 3.8) is 0 Å². The van der Waals surface area contributed by atoms with Crippen molar-refractivity contribution in [3.05, 3.63) is 12.2 Å². The van der Waals surface area contributed by atoms with E-state index in [-0.39, 0.29) is 6.61 Å². The Hall–Kier alpha value is -0.415. The van der Waals surface area contributed by atoms with Gasteiger partial charge >= 0.3 is 7.69 Å². The molecule has 0 aromatic carbocycles. The summed E-state index contributed by atoms with van der Waals surface area (Å²) in [5, 5.41) is 7.88. The summed E-state index contributed by atoms with van der Waals surface area (Å²) >= 11 is 0. The Bertz CT molecular complexity index is 81.4. The normalized spacial score (nSPS) is 8.38. The largest absolute Gasteiger partial charge is 0.435 e. The summed E-state index contributed by atoms with van der Waals surface area (Å²) in [7, 11) is -0.524. The van der Waals surface area contributed by atoms with Crippen LogP contribution in [0.5, 0.6) is 0 Å². The van der Waals surface area contributed by atoms with Gasteiger partial charge in [-0.25, -0.2) is 0 Å². The first-order chi connectivity index (χ1) is 3.77. The zero-order valence-electron chi connectivity index (χ0n) is 4.10. The predicted molar refractivity (Wildman–Crippen MR) is 25.6 cm³/mol. The van der Waals surface area contributed by atoms with Crippen LogP contribution in [0, 0.1) is 0 Å². The fourth-order valence-corrected chi connectivity index (χ4v) is 0.175. The SMILES string of the molecule is OBOCC=C(F)F. The van der Waals surface area contributed by atoms with E-state index in [1.54, 1.807) is 0 Å². The van der Waals surface area contributed by atoms with Crippen molar-refractivity contribution < 1.29 is 18.5 Å². The van der Waals surface area contributed by atoms with E-state index in [0.717, 1.165) is 0 Å². The topological polar surface area (TPSA) is 29.5 Å². The molecule has 0 heterocycles. The average Bonchev–Trinajstić information content (AvgIpc) is 1.66. The number of hydrogen-bond donors (Lipinski definition) is 1. The zero-order chi connectivity index (χ0) is 6.41. The quantitative estimate of drug-likeness (QED) is 0.423. The van der Waals surface area contributed by atoms with E-state index >= 15 is 0 Å². The van der Waals surface area contributed by atoms with Crippen molar-refractivity contribution in [3.8, 4) is 0 Å². The van der Waals surface area contributed by atoms with Gasteiger partial charge in [0.2, 0.25) is 0 Å². The van der Waals surface area contributed by atoms with Crippen molar-refractivity contribution in [1.29, 1.82) is 0 Å². The molecule has 0 aromatic heterocycles. The van der Waals surface area contributed by atoms with Crippen molar-refractivity contribution in [2.24, 2.45) is 0 Å². The van der Waals surface area contributed by atoms with Gasteiger partial charge < -0.3 is 9.68 Å². The standard InChI is InChI=1S/C3H5BF2O2/c5-3(6)1-2-8-4-7/h1,4,7H,2H2. The lowest BCUT2D eigenvalue weighted by Crippen LogP contribution is -1.95. The molecule has 0 spiro atoms. The number of halogens is 2. The fourth-order valence-electron chi connectivity index (χ4n) is 0.175. The number of hydrogen-bond acceptors (Lipinski definition) is 2. The van der Waals surface area contributed by atoms with Crippen LogP contribution in [-0.2, 0) is 4.65 Å². The first-order valence-electron chi connectivity index (χ1n) is 1.97. The van der Waals surface area contributed by atoms with Gasteiger partial charge in [0.25, 0.3) is 6.08 Å². The maximum absolute atomic E-state index is 11.1. The summed E-state index contributed by atoms with van der Waals surface area (Å²) in [6, 6.07) is 0. The Morgan fingerprint density at radius 2 is 2.38 bits per heavy atom. The molecule has 8 heavy (non-hydrogen) atoms. The third-order valence-corrected chi connectivity index (χ3v) is 0.447. The highest BCUT2D eigenvalue weighted by molar-refractivity contribution is 6.15. The van der Waals surface area contributed by atoms with Gasteiger partial charge in [0.1, 0.15) is 0 Å². The average molecular weight is 122 g/mol. The minimum atomic E-state index is -1.79. The molecule has 0 radical (unpaired) electrons. The Balaban J connectivity index is 3.03. The fraction of sp³-hybridized carbons (Fsp3) is 0.333. The van der Waals surface area contributed by atoms with Gasteiger partial charge in [0.05, 0.1) is 6.61 Å². The second kappa shape index (κ2) is 4.74. The van der Waals surface area contributed by atoms with Crippen LogP contribution in [0.3, 0.4) is 0 Å². The highest BCUT2D eigenvalue weighted by atomic mass is 19.3. The maximum Gasteiger partial charge on any atom is 0.435 e. The van der Waals surface area contributed by atoms with Crippen LogP contribution in [0.25, 0.3) is 0 Å². The van der Waals surface area contributed by atoms with E-state index in [1.807, 2.05) is 0 Å². The van der Waals surface area contributed by atoms with Crippen LogP contribution in [0.1, 0.15) is 0 Å². The summed E-state index contributed by atoms with van der Waals surface area (Å²) in [6.07, 6.45) is -1.21. The summed E-state index contributed by atoms with van der Waals surface area (Å²) in [6.45, 7) is -0.237. The van der Waals surface area contributed by atoms with Crippen molar-refractivity contribution in [2.45, 2.75) is 0 Å². The minimum absolute atomic E-state index is 0.237. The highest BCUT2D eigenvalue weighted by Gasteiger charge is 1.86. The highest BCUT2D eigenvalue weighted by Crippen LogP contribution is 1.94. The third-order valence-electron chi connectivity index (χ3n) is 0.447. The van der Waals surface area contributed by atoms with E-state index in [0.29, 0.717) is 6.08 Å². The Kier molecular flexibility index (Phi) is 4.49. The van der Waals surface area contributed by atoms with Crippen LogP contribution in [0.2, 0.25) is 0 Å². The summed E-state index contributed by atoms with van der Waals surface area (Å²) in [4.78, 5) is 0. The summed E-state index contributed by atoms with van der Waals surface area (Å²) in [5.41, 5.74) is 0. The van der Waals surface area contributed by atoms with Gasteiger partial charge in [-0.3, -0.25) is 0 Å². The molecule has 2 nitrogen and oxygen atoms in total. The van der Waals surface area contributed by atoms with Crippen LogP contribution in [0.4, 0.5) is 8.78 Å². The summed E-state index contributed by atoms with van der Waals surface area (Å²) in [5.74, 6) is 0. The lowest BCUT2D eigenvalue weighted by atomic mass is 10.4. The molecule has 0 saturated carbocycles. The smallest absolute Gasteiger partial charge is 0.430 e. The Labute approximate surface area is 46.1 Å². The van der Waals surface area contributed by atoms with Crippen LogP contribution in [-0.4, -0.2) is 19.3 Å². The lowest BCUT2D eigenvalue weighted by Gasteiger charge is -1.87. The third kappa shape index (κ3) is 5.58. The molecule has 0 fully saturated rings. The van der Waals surface area contributed by atoms with Gasteiger partial charge in [-0.05, 0) is 0 Å². The molecule has 0 atom stereocenters. The zero-order valence-corrected chi connectivity index (χ0v) is 4.10. The number of rotatable bonds is 3. The van der Waals surface area contributed by atoms with Gasteiger partial charge in [0, 0.05) is 6.08 Å². The summed E-state index contributed by atoms with van der Waals surface area (Å²) < 4.78 is 26.3. The predicted octanol–water partition coefficient (Wildman–Crippen LogP) is 0.0422. The van der Waals surface area contributed by atoms with Crippen LogP contribution < -0.4 is 0 Å². The molecule has 0 aliphatic carbocycles. The molecule has 1 N–H and O–H groups in total. The second-order valence-corrected chi connectivity index (χ2v) is 0.994. The van der Waals surface area contributed by atoms with Gasteiger partial charge in [-0.1, -0.05) is 0 Å². The lowest BCUT2D eigenvalue weighted by molar-refractivity contribution is 0.311. The van der Waals surface area contributed by atoms with E-state index in [4.69, 9.17) is 5.02 Å². The van der Waals surface area contributed by atoms with Crippen molar-refractivity contribution in [1.82, 2.24) is 0 Å². The van der Waals surface area contributed by atoms with Gasteiger partial charge in [-0.15, -0.1) is 0 Å². The van der Waals surface area contributed by atoms with E-state index < -0.39 is 13.8 Å². The molecule has 0 aromatic rings. The molecule has 0 aliphatic heterocycles. The second-order valence-electron chi connectivity index (χ2n) is 0.994. The van der Waals surface area contributed by atoms with Gasteiger partial charge in [0.15, 0.2) is 0 Å². The van der Waals surface area contributed by atoms with Gasteiger partial charge in [-0.2, -0.15) is 8.78 Å². The minimum Gasteiger partial charge on any atom is -0.430 e. The van der Waals surface area contributed by atoms with E-state index in [2.05, 4.69) is 4.65 Å². The Morgan fingerprint density at radius 1 is 1.75 bits per heavy atom. The van der Waals surface area contributed by atoms with E-state index in [1.165, 1.54) is 0 Å². The molecular weight excluding hydrogens is 117 g/mol. The molecular formula is C3H5BF2O2. The molecule has 0 bridgehead atoms. The van der Waals surface area contributed by atoms with Crippen LogP contribution >= 0.6 is 0 Å². The van der Waals surface area contributed by atoms with Crippen LogP contribution in [0.15, 0.2) is 12.2 Å². The van der Waals surface area contributed by atoms with E-state index in [9.17, 15) is 8.78 Å². The molecule has 5 heteroatoms. The van der Waals surface area contributed by atoms with Crippen molar-refractivity contribution >= 4 is 7.69 Å². The first kappa shape index (κ1) is 7.58. The molecule has 0 unspecified atom stereocenters. The van der Waals surface area contributed by atoms with Crippen molar-refractivity contribution in [2.75, 3.05) is 6.61 Å². The monoisotopic (exact) mass is 122 g/mol. The molecule has 46 valence electrons. The Morgan fingerprint density at radius 3 is 2.75 bits per heavy atom.